The fourth-order valence-corrected chi connectivity index (χ4v) is 4.21. The van der Waals surface area contributed by atoms with E-state index in [9.17, 15) is 0 Å². The molecule has 7 heteroatoms. The number of rotatable bonds is 7. The lowest BCUT2D eigenvalue weighted by Crippen LogP contribution is -2.41. The molecular formula is C17H31N5OS. The van der Waals surface area contributed by atoms with Gasteiger partial charge in [-0.2, -0.15) is 16.9 Å². The van der Waals surface area contributed by atoms with Gasteiger partial charge in [-0.3, -0.25) is 9.67 Å². The Hall–Kier alpha value is -1.21. The van der Waals surface area contributed by atoms with Gasteiger partial charge in [-0.15, -0.1) is 0 Å². The normalized spacial score (nSPS) is 17.8. The summed E-state index contributed by atoms with van der Waals surface area (Å²) in [6, 6.07) is 0. The zero-order valence-electron chi connectivity index (χ0n) is 15.4. The van der Waals surface area contributed by atoms with Gasteiger partial charge in [-0.05, 0) is 25.5 Å². The standard InChI is InChI=1S/C17H31N5OS/c1-5-18-16(21(3)12-15-11-20-22(4)13-15)19-14-17(24-6-2)7-9-23-10-8-17/h11,13H,5-10,12,14H2,1-4H3,(H,18,19). The lowest BCUT2D eigenvalue weighted by molar-refractivity contribution is 0.0793. The Morgan fingerprint density at radius 2 is 2.21 bits per heavy atom. The van der Waals surface area contributed by atoms with Crippen molar-refractivity contribution in [1.29, 1.82) is 0 Å². The van der Waals surface area contributed by atoms with Gasteiger partial charge >= 0.3 is 0 Å². The quantitative estimate of drug-likeness (QED) is 0.601. The largest absolute Gasteiger partial charge is 0.381 e. The van der Waals surface area contributed by atoms with Crippen LogP contribution in [0, 0.1) is 0 Å². The molecule has 1 fully saturated rings. The summed E-state index contributed by atoms with van der Waals surface area (Å²) < 4.78 is 7.62. The van der Waals surface area contributed by atoms with E-state index in [4.69, 9.17) is 9.73 Å². The SMILES string of the molecule is CCNC(=NCC1(SCC)CCOCC1)N(C)Cc1cnn(C)c1. The molecular weight excluding hydrogens is 322 g/mol. The minimum Gasteiger partial charge on any atom is -0.381 e. The van der Waals surface area contributed by atoms with Crippen LogP contribution in [0.25, 0.3) is 0 Å². The number of guanidine groups is 1. The molecule has 136 valence electrons. The van der Waals surface area contributed by atoms with E-state index in [-0.39, 0.29) is 4.75 Å². The van der Waals surface area contributed by atoms with Crippen LogP contribution in [0.15, 0.2) is 17.4 Å². The predicted molar refractivity (Wildman–Crippen MR) is 102 cm³/mol. The lowest BCUT2D eigenvalue weighted by atomic mass is 9.99. The molecule has 1 saturated heterocycles. The molecule has 1 aliphatic rings. The minimum atomic E-state index is 0.225. The lowest BCUT2D eigenvalue weighted by Gasteiger charge is -2.35. The van der Waals surface area contributed by atoms with Gasteiger partial charge in [0.05, 0.1) is 12.7 Å². The highest BCUT2D eigenvalue weighted by atomic mass is 32.2. The van der Waals surface area contributed by atoms with Crippen LogP contribution in [0.4, 0.5) is 0 Å². The first kappa shape index (κ1) is 19.1. The van der Waals surface area contributed by atoms with Crippen molar-refractivity contribution in [2.24, 2.45) is 12.0 Å². The molecule has 0 bridgehead atoms. The zero-order valence-corrected chi connectivity index (χ0v) is 16.2. The Bertz CT molecular complexity index is 519. The second kappa shape index (κ2) is 9.32. The number of nitrogens with one attached hydrogen (secondary N) is 1. The molecule has 1 aromatic heterocycles. The number of aryl methyl sites for hydroxylation is 1. The monoisotopic (exact) mass is 353 g/mol. The van der Waals surface area contributed by atoms with E-state index in [0.717, 1.165) is 57.4 Å². The third-order valence-electron chi connectivity index (χ3n) is 4.25. The van der Waals surface area contributed by atoms with E-state index in [1.54, 1.807) is 0 Å². The number of hydrogen-bond donors (Lipinski definition) is 1. The Morgan fingerprint density at radius 3 is 2.79 bits per heavy atom. The van der Waals surface area contributed by atoms with E-state index in [1.165, 1.54) is 5.56 Å². The van der Waals surface area contributed by atoms with Crippen molar-refractivity contribution in [3.8, 4) is 0 Å². The molecule has 0 spiro atoms. The highest BCUT2D eigenvalue weighted by Crippen LogP contribution is 2.35. The van der Waals surface area contributed by atoms with Crippen molar-refractivity contribution < 1.29 is 4.74 Å². The molecule has 0 aliphatic carbocycles. The molecule has 24 heavy (non-hydrogen) atoms. The first-order valence-corrected chi connectivity index (χ1v) is 9.76. The number of ether oxygens (including phenoxy) is 1. The second-order valence-corrected chi connectivity index (χ2v) is 8.01. The average Bonchev–Trinajstić information content (AvgIpc) is 2.97. The van der Waals surface area contributed by atoms with Gasteiger partial charge in [0.15, 0.2) is 5.96 Å². The van der Waals surface area contributed by atoms with Gasteiger partial charge in [0.25, 0.3) is 0 Å². The first-order valence-electron chi connectivity index (χ1n) is 8.77. The number of aliphatic imine (C=N–C) groups is 1. The van der Waals surface area contributed by atoms with Crippen molar-refractivity contribution in [2.45, 2.75) is 38.0 Å². The van der Waals surface area contributed by atoms with Crippen LogP contribution in [0.1, 0.15) is 32.3 Å². The van der Waals surface area contributed by atoms with Crippen LogP contribution >= 0.6 is 11.8 Å². The van der Waals surface area contributed by atoms with E-state index in [2.05, 4.69) is 36.2 Å². The molecule has 2 heterocycles. The van der Waals surface area contributed by atoms with Gasteiger partial charge in [0.1, 0.15) is 0 Å². The summed E-state index contributed by atoms with van der Waals surface area (Å²) in [4.78, 5) is 7.13. The maximum Gasteiger partial charge on any atom is 0.194 e. The molecule has 0 aromatic carbocycles. The van der Waals surface area contributed by atoms with Gasteiger partial charge in [-0.25, -0.2) is 0 Å². The van der Waals surface area contributed by atoms with Crippen LogP contribution in [0.3, 0.4) is 0 Å². The maximum atomic E-state index is 5.56. The van der Waals surface area contributed by atoms with Crippen LogP contribution in [-0.2, 0) is 18.3 Å². The number of hydrogen-bond acceptors (Lipinski definition) is 4. The highest BCUT2D eigenvalue weighted by Gasteiger charge is 2.32. The fraction of sp³-hybridized carbons (Fsp3) is 0.765. The molecule has 0 unspecified atom stereocenters. The summed E-state index contributed by atoms with van der Waals surface area (Å²) in [5.74, 6) is 2.08. The third kappa shape index (κ3) is 5.41. The van der Waals surface area contributed by atoms with E-state index < -0.39 is 0 Å². The third-order valence-corrected chi connectivity index (χ3v) is 5.68. The summed E-state index contributed by atoms with van der Waals surface area (Å²) in [5, 5.41) is 7.66. The Balaban J connectivity index is 2.05. The summed E-state index contributed by atoms with van der Waals surface area (Å²) in [5.41, 5.74) is 1.19. The smallest absolute Gasteiger partial charge is 0.194 e. The molecule has 6 nitrogen and oxygen atoms in total. The van der Waals surface area contributed by atoms with Crippen LogP contribution < -0.4 is 5.32 Å². The number of thioether (sulfide) groups is 1. The van der Waals surface area contributed by atoms with Crippen molar-refractivity contribution in [3.05, 3.63) is 18.0 Å². The van der Waals surface area contributed by atoms with Crippen molar-refractivity contribution >= 4 is 17.7 Å². The molecule has 0 atom stereocenters. The van der Waals surface area contributed by atoms with Crippen molar-refractivity contribution in [3.63, 3.8) is 0 Å². The topological polar surface area (TPSA) is 54.7 Å². The van der Waals surface area contributed by atoms with Crippen molar-refractivity contribution in [2.75, 3.05) is 39.1 Å². The van der Waals surface area contributed by atoms with Gasteiger partial charge in [0.2, 0.25) is 0 Å². The predicted octanol–water partition coefficient (Wildman–Crippen LogP) is 2.12. The van der Waals surface area contributed by atoms with Gasteiger partial charge < -0.3 is 15.0 Å². The van der Waals surface area contributed by atoms with E-state index >= 15 is 0 Å². The molecule has 0 saturated carbocycles. The van der Waals surface area contributed by atoms with E-state index in [1.807, 2.05) is 35.9 Å². The van der Waals surface area contributed by atoms with Crippen molar-refractivity contribution in [1.82, 2.24) is 20.0 Å². The Kier molecular flexibility index (Phi) is 7.42. The highest BCUT2D eigenvalue weighted by molar-refractivity contribution is 8.00. The summed E-state index contributed by atoms with van der Waals surface area (Å²) >= 11 is 2.03. The molecule has 1 aliphatic heterocycles. The number of aromatic nitrogens is 2. The number of nitrogens with zero attached hydrogens (tertiary/aromatic N) is 4. The first-order chi connectivity index (χ1) is 11.6. The zero-order chi connectivity index (χ0) is 17.4. The summed E-state index contributed by atoms with van der Waals surface area (Å²) in [6.07, 6.45) is 6.13. The molecule has 2 rings (SSSR count). The second-order valence-electron chi connectivity index (χ2n) is 6.28. The van der Waals surface area contributed by atoms with Gasteiger partial charge in [-0.1, -0.05) is 6.92 Å². The van der Waals surface area contributed by atoms with Crippen LogP contribution in [0.5, 0.6) is 0 Å². The average molecular weight is 354 g/mol. The van der Waals surface area contributed by atoms with Gasteiger partial charge in [0, 0.05) is 56.9 Å². The summed E-state index contributed by atoms with van der Waals surface area (Å²) in [7, 11) is 4.03. The summed E-state index contributed by atoms with van der Waals surface area (Å²) in [6.45, 7) is 8.55. The minimum absolute atomic E-state index is 0.225. The molecule has 0 amide bonds. The maximum absolute atomic E-state index is 5.56. The molecule has 0 radical (unpaired) electrons. The molecule has 1 aromatic rings. The fourth-order valence-electron chi connectivity index (χ4n) is 2.99. The Labute approximate surface area is 150 Å². The van der Waals surface area contributed by atoms with E-state index in [0.29, 0.717) is 0 Å². The van der Waals surface area contributed by atoms with Crippen LogP contribution in [-0.4, -0.2) is 64.5 Å². The van der Waals surface area contributed by atoms with Crippen LogP contribution in [0.2, 0.25) is 0 Å². The molecule has 1 N–H and O–H groups in total. The Morgan fingerprint density at radius 1 is 1.46 bits per heavy atom.